The molecule has 8 heteroatoms. The summed E-state index contributed by atoms with van der Waals surface area (Å²) in [5.41, 5.74) is 1.27. The van der Waals surface area contributed by atoms with Gasteiger partial charge in [0.25, 0.3) is 6.04 Å². The highest BCUT2D eigenvalue weighted by molar-refractivity contribution is 6.33. The zero-order chi connectivity index (χ0) is 17.7. The molecule has 1 aliphatic heterocycles. The zero-order valence-electron chi connectivity index (χ0n) is 13.4. The maximum atomic E-state index is 14.5. The molecule has 1 aliphatic carbocycles. The van der Waals surface area contributed by atoms with Crippen molar-refractivity contribution in [2.75, 3.05) is 0 Å². The van der Waals surface area contributed by atoms with Crippen molar-refractivity contribution in [1.29, 1.82) is 0 Å². The van der Waals surface area contributed by atoms with Crippen molar-refractivity contribution < 1.29 is 18.4 Å². The van der Waals surface area contributed by atoms with Gasteiger partial charge in [-0.05, 0) is 31.4 Å². The van der Waals surface area contributed by atoms with Crippen LogP contribution in [0.3, 0.4) is 0 Å². The highest BCUT2D eigenvalue weighted by Gasteiger charge is 2.51. The van der Waals surface area contributed by atoms with Crippen LogP contribution in [-0.2, 0) is 4.79 Å². The Hall–Kier alpha value is -2.41. The second kappa shape index (κ2) is 5.84. The van der Waals surface area contributed by atoms with E-state index in [0.717, 1.165) is 18.9 Å². The molecule has 1 unspecified atom stereocenters. The van der Waals surface area contributed by atoms with Gasteiger partial charge in [-0.25, -0.2) is 4.39 Å². The number of ketones is 1. The van der Waals surface area contributed by atoms with E-state index in [0.29, 0.717) is 40.3 Å². The summed E-state index contributed by atoms with van der Waals surface area (Å²) in [6.45, 7) is 1.62. The van der Waals surface area contributed by atoms with Crippen LogP contribution in [0.4, 0.5) is 4.39 Å². The Kier molecular flexibility index (Phi) is 3.76. The molecule has 128 valence electrons. The molecule has 4 rings (SSSR count). The highest BCUT2D eigenvalue weighted by Crippen LogP contribution is 2.42. The molecule has 0 saturated heterocycles. The van der Waals surface area contributed by atoms with Gasteiger partial charge in [-0.15, -0.1) is 10.2 Å². The van der Waals surface area contributed by atoms with Gasteiger partial charge in [0.1, 0.15) is 5.82 Å². The van der Waals surface area contributed by atoms with Crippen molar-refractivity contribution in [3.63, 3.8) is 0 Å². The number of nitroso groups, excluding NO2 is 1. The molecule has 0 radical (unpaired) electrons. The van der Waals surface area contributed by atoms with E-state index >= 15 is 0 Å². The molecule has 1 atom stereocenters. The van der Waals surface area contributed by atoms with Gasteiger partial charge >= 0.3 is 0 Å². The van der Waals surface area contributed by atoms with Gasteiger partial charge < -0.3 is 4.42 Å². The minimum absolute atomic E-state index is 0.0235. The fourth-order valence-corrected chi connectivity index (χ4v) is 3.67. The summed E-state index contributed by atoms with van der Waals surface area (Å²) in [6.07, 6.45) is 2.83. The van der Waals surface area contributed by atoms with Gasteiger partial charge in [0.05, 0.1) is 21.7 Å². The molecule has 2 heterocycles. The monoisotopic (exact) mass is 362 g/mol. The number of aryl methyl sites for hydroxylation is 1. The Morgan fingerprint density at radius 1 is 1.28 bits per heavy atom. The Morgan fingerprint density at radius 2 is 2.04 bits per heavy atom. The summed E-state index contributed by atoms with van der Waals surface area (Å²) in [6, 6.07) is 1.21. The lowest BCUT2D eigenvalue weighted by Crippen LogP contribution is -2.18. The molecule has 0 N–H and O–H groups in total. The van der Waals surface area contributed by atoms with E-state index in [-0.39, 0.29) is 22.3 Å². The third-order valence-electron chi connectivity index (χ3n) is 4.62. The number of Topliss-reactive ketones (excluding diaryl/α,β-unsaturated/α-hetero) is 1. The number of hydrogen-bond donors (Lipinski definition) is 0. The summed E-state index contributed by atoms with van der Waals surface area (Å²) in [4.78, 5) is 25.3. The maximum absolute atomic E-state index is 14.5. The Morgan fingerprint density at radius 3 is 2.72 bits per heavy atom. The first-order chi connectivity index (χ1) is 12.0. The van der Waals surface area contributed by atoms with Crippen molar-refractivity contribution in [1.82, 2.24) is 10.2 Å². The fraction of sp³-hybridized carbons (Fsp3) is 0.353. The van der Waals surface area contributed by atoms with E-state index < -0.39 is 11.9 Å². The predicted molar refractivity (Wildman–Crippen MR) is 86.3 cm³/mol. The standard InChI is InChI=1S/C17H14ClFN3O3/c1-8-20-21-17(25-8)10-6-11(13(19)7-12(10)18)15-16(23)9-4-2-3-5-14(9)22(15)24/h6-7,15H,2-5H2,1H3/q+1. The van der Waals surface area contributed by atoms with Crippen LogP contribution in [0.25, 0.3) is 11.5 Å². The Labute approximate surface area is 147 Å². The number of nitrogens with zero attached hydrogens (tertiary/aromatic N) is 3. The van der Waals surface area contributed by atoms with Crippen LogP contribution in [0.2, 0.25) is 5.02 Å². The van der Waals surface area contributed by atoms with Crippen molar-refractivity contribution in [3.05, 3.63) is 50.6 Å². The number of halogens is 2. The molecular weight excluding hydrogens is 349 g/mol. The fourth-order valence-electron chi connectivity index (χ4n) is 3.44. The number of aromatic nitrogens is 2. The molecule has 2 aliphatic rings. The topological polar surface area (TPSA) is 76.1 Å². The lowest BCUT2D eigenvalue weighted by molar-refractivity contribution is -0.527. The summed E-state index contributed by atoms with van der Waals surface area (Å²) >= 11 is 6.09. The van der Waals surface area contributed by atoms with Crippen LogP contribution in [-0.4, -0.2) is 20.7 Å². The molecule has 0 spiro atoms. The van der Waals surface area contributed by atoms with Gasteiger partial charge in [-0.2, -0.15) is 0 Å². The largest absolute Gasteiger partial charge is 0.421 e. The molecule has 0 fully saturated rings. The molecule has 1 aromatic heterocycles. The number of hydrogen-bond acceptors (Lipinski definition) is 5. The summed E-state index contributed by atoms with van der Waals surface area (Å²) in [7, 11) is 0. The van der Waals surface area contributed by atoms with Gasteiger partial charge in [-0.3, -0.25) is 4.79 Å². The number of rotatable bonds is 2. The van der Waals surface area contributed by atoms with E-state index in [1.807, 2.05) is 0 Å². The van der Waals surface area contributed by atoms with Crippen molar-refractivity contribution in [2.24, 2.45) is 0 Å². The van der Waals surface area contributed by atoms with Gasteiger partial charge in [0, 0.05) is 23.0 Å². The van der Waals surface area contributed by atoms with Crippen LogP contribution >= 0.6 is 11.6 Å². The Balaban J connectivity index is 1.81. The van der Waals surface area contributed by atoms with Crippen LogP contribution in [0.5, 0.6) is 0 Å². The average molecular weight is 363 g/mol. The first kappa shape index (κ1) is 16.1. The van der Waals surface area contributed by atoms with Crippen LogP contribution in [0, 0.1) is 17.6 Å². The van der Waals surface area contributed by atoms with E-state index in [9.17, 15) is 14.1 Å². The molecule has 0 saturated carbocycles. The van der Waals surface area contributed by atoms with Crippen molar-refractivity contribution >= 4 is 17.4 Å². The molecule has 25 heavy (non-hydrogen) atoms. The van der Waals surface area contributed by atoms with Gasteiger partial charge in [0.2, 0.25) is 23.3 Å². The lowest BCUT2D eigenvalue weighted by atomic mass is 9.93. The van der Waals surface area contributed by atoms with E-state index in [1.54, 1.807) is 6.92 Å². The minimum atomic E-state index is -1.22. The van der Waals surface area contributed by atoms with Crippen LogP contribution in [0.1, 0.15) is 43.2 Å². The normalized spacial score (nSPS) is 20.4. The first-order valence-electron chi connectivity index (χ1n) is 7.99. The molecule has 0 amide bonds. The Bertz CT molecular complexity index is 923. The summed E-state index contributed by atoms with van der Waals surface area (Å²) in [5, 5.41) is 7.67. The molecule has 1 aromatic carbocycles. The predicted octanol–water partition coefficient (Wildman–Crippen LogP) is 4.07. The molecular formula is C17H14ClFN3O3+. The third-order valence-corrected chi connectivity index (χ3v) is 4.94. The van der Waals surface area contributed by atoms with Gasteiger partial charge in [0.15, 0.2) is 0 Å². The number of carbonyl (C=O) groups is 1. The van der Waals surface area contributed by atoms with Crippen LogP contribution < -0.4 is 0 Å². The van der Waals surface area contributed by atoms with Gasteiger partial charge in [-0.1, -0.05) is 11.6 Å². The van der Waals surface area contributed by atoms with E-state index in [2.05, 4.69) is 10.2 Å². The second-order valence-electron chi connectivity index (χ2n) is 6.20. The van der Waals surface area contributed by atoms with Crippen molar-refractivity contribution in [2.45, 2.75) is 38.6 Å². The zero-order valence-corrected chi connectivity index (χ0v) is 14.1. The average Bonchev–Trinajstić information content (AvgIpc) is 3.12. The maximum Gasteiger partial charge on any atom is 0.297 e. The molecule has 6 nitrogen and oxygen atoms in total. The lowest BCUT2D eigenvalue weighted by Gasteiger charge is -2.07. The summed E-state index contributed by atoms with van der Waals surface area (Å²) in [5.74, 6) is -0.594. The minimum Gasteiger partial charge on any atom is -0.421 e. The number of allylic oxidation sites excluding steroid dienone is 1. The van der Waals surface area contributed by atoms with Crippen LogP contribution in [0.15, 0.2) is 27.8 Å². The van der Waals surface area contributed by atoms with E-state index in [4.69, 9.17) is 16.0 Å². The van der Waals surface area contributed by atoms with E-state index in [1.165, 1.54) is 6.07 Å². The SMILES string of the molecule is Cc1nnc(-c2cc(C3C(=O)C4=C(CCCC4)[N+]3=O)c(F)cc2Cl)o1. The quantitative estimate of drug-likeness (QED) is 0.753. The third kappa shape index (κ3) is 2.50. The molecule has 0 bridgehead atoms. The molecule has 2 aromatic rings. The second-order valence-corrected chi connectivity index (χ2v) is 6.61. The summed E-state index contributed by atoms with van der Waals surface area (Å²) < 4.78 is 20.5. The highest BCUT2D eigenvalue weighted by atomic mass is 35.5. The van der Waals surface area contributed by atoms with Crippen molar-refractivity contribution in [3.8, 4) is 11.5 Å². The first-order valence-corrected chi connectivity index (χ1v) is 8.37. The number of carbonyl (C=O) groups excluding carboxylic acids is 1. The number of benzene rings is 1. The smallest absolute Gasteiger partial charge is 0.297 e.